The Balaban J connectivity index is 1.56. The summed E-state index contributed by atoms with van der Waals surface area (Å²) in [6.45, 7) is 1.22. The predicted molar refractivity (Wildman–Crippen MR) is 95.6 cm³/mol. The van der Waals surface area contributed by atoms with Crippen molar-refractivity contribution >= 4 is 17.6 Å². The van der Waals surface area contributed by atoms with Crippen molar-refractivity contribution < 1.29 is 18.7 Å². The van der Waals surface area contributed by atoms with E-state index in [2.05, 4.69) is 5.32 Å². The number of amides is 3. The number of hydrogen-bond acceptors (Lipinski definition) is 3. The van der Waals surface area contributed by atoms with E-state index in [-0.39, 0.29) is 30.8 Å². The third kappa shape index (κ3) is 3.93. The number of nitrogens with one attached hydrogen (secondary N) is 1. The molecule has 3 amide bonds. The highest BCUT2D eigenvalue weighted by molar-refractivity contribution is 5.97. The highest BCUT2D eigenvalue weighted by Gasteiger charge is 2.32. The number of ether oxygens (including phenoxy) is 1. The molecule has 0 bridgehead atoms. The fourth-order valence-corrected chi connectivity index (χ4v) is 2.84. The fraction of sp³-hybridized carbons (Fsp3) is 0.263. The van der Waals surface area contributed by atoms with Crippen LogP contribution in [0.5, 0.6) is 5.75 Å². The van der Waals surface area contributed by atoms with Gasteiger partial charge in [0.25, 0.3) is 0 Å². The Morgan fingerprint density at radius 2 is 1.88 bits per heavy atom. The van der Waals surface area contributed by atoms with Gasteiger partial charge >= 0.3 is 6.03 Å². The maximum absolute atomic E-state index is 12.9. The summed E-state index contributed by atoms with van der Waals surface area (Å²) in [7, 11) is 1.56. The number of carbonyl (C=O) groups is 2. The largest absolute Gasteiger partial charge is 0.495 e. The number of rotatable bonds is 6. The summed E-state index contributed by atoms with van der Waals surface area (Å²) in [5.41, 5.74) is 1.48. The van der Waals surface area contributed by atoms with Crippen LogP contribution >= 0.6 is 0 Å². The van der Waals surface area contributed by atoms with Gasteiger partial charge in [0.15, 0.2) is 0 Å². The zero-order valence-corrected chi connectivity index (χ0v) is 14.4. The fourth-order valence-electron chi connectivity index (χ4n) is 2.84. The topological polar surface area (TPSA) is 61.9 Å². The van der Waals surface area contributed by atoms with E-state index >= 15 is 0 Å². The molecule has 1 fully saturated rings. The molecular weight excluding hydrogens is 337 g/mol. The minimum absolute atomic E-state index is 0.0221. The second kappa shape index (κ2) is 7.86. The second-order valence-electron chi connectivity index (χ2n) is 5.93. The summed E-state index contributed by atoms with van der Waals surface area (Å²) in [4.78, 5) is 27.8. The van der Waals surface area contributed by atoms with Crippen molar-refractivity contribution in [3.05, 3.63) is 59.9 Å². The van der Waals surface area contributed by atoms with Crippen molar-refractivity contribution in [1.82, 2.24) is 10.2 Å². The van der Waals surface area contributed by atoms with Crippen LogP contribution in [-0.4, -0.2) is 43.6 Å². The van der Waals surface area contributed by atoms with Crippen LogP contribution in [0.15, 0.2) is 48.5 Å². The minimum atomic E-state index is -0.320. The van der Waals surface area contributed by atoms with Crippen molar-refractivity contribution in [3.8, 4) is 5.75 Å². The second-order valence-corrected chi connectivity index (χ2v) is 5.93. The first-order valence-corrected chi connectivity index (χ1v) is 8.29. The predicted octanol–water partition coefficient (Wildman–Crippen LogP) is 2.39. The number of benzene rings is 2. The van der Waals surface area contributed by atoms with Crippen LogP contribution in [0.3, 0.4) is 0 Å². The lowest BCUT2D eigenvalue weighted by Crippen LogP contribution is -2.39. The van der Waals surface area contributed by atoms with E-state index < -0.39 is 0 Å². The number of halogens is 1. The first-order valence-electron chi connectivity index (χ1n) is 8.29. The maximum Gasteiger partial charge on any atom is 0.325 e. The van der Waals surface area contributed by atoms with Gasteiger partial charge < -0.3 is 15.0 Å². The normalized spacial score (nSPS) is 13.8. The van der Waals surface area contributed by atoms with E-state index in [1.54, 1.807) is 30.2 Å². The molecule has 2 aromatic rings. The molecule has 2 aromatic carbocycles. The maximum atomic E-state index is 12.9. The summed E-state index contributed by atoms with van der Waals surface area (Å²) in [5, 5.41) is 2.74. The lowest BCUT2D eigenvalue weighted by Gasteiger charge is -2.20. The molecule has 26 heavy (non-hydrogen) atoms. The smallest absolute Gasteiger partial charge is 0.325 e. The molecule has 3 rings (SSSR count). The first-order chi connectivity index (χ1) is 12.6. The third-order valence-corrected chi connectivity index (χ3v) is 4.21. The number of methoxy groups -OCH3 is 1. The van der Waals surface area contributed by atoms with Crippen LogP contribution in [-0.2, 0) is 11.3 Å². The van der Waals surface area contributed by atoms with Crippen molar-refractivity contribution in [1.29, 1.82) is 0 Å². The Morgan fingerprint density at radius 1 is 1.15 bits per heavy atom. The summed E-state index contributed by atoms with van der Waals surface area (Å²) in [5.74, 6) is 0.0344. The SMILES string of the molecule is COc1ccccc1N1CCN(CC(=O)NCc2ccc(F)cc2)C1=O. The summed E-state index contributed by atoms with van der Waals surface area (Å²) in [6.07, 6.45) is 0. The van der Waals surface area contributed by atoms with Crippen molar-refractivity contribution in [2.24, 2.45) is 0 Å². The summed E-state index contributed by atoms with van der Waals surface area (Å²) >= 11 is 0. The van der Waals surface area contributed by atoms with E-state index in [0.29, 0.717) is 24.5 Å². The van der Waals surface area contributed by atoms with E-state index in [0.717, 1.165) is 5.56 Å². The van der Waals surface area contributed by atoms with Gasteiger partial charge in [0.05, 0.1) is 12.8 Å². The zero-order valence-electron chi connectivity index (χ0n) is 14.4. The molecule has 6 nitrogen and oxygen atoms in total. The highest BCUT2D eigenvalue weighted by Crippen LogP contribution is 2.30. The minimum Gasteiger partial charge on any atom is -0.495 e. The molecule has 136 valence electrons. The Morgan fingerprint density at radius 3 is 2.62 bits per heavy atom. The Bertz CT molecular complexity index is 795. The number of para-hydroxylation sites is 2. The molecule has 1 saturated heterocycles. The van der Waals surface area contributed by atoms with Crippen LogP contribution in [0, 0.1) is 5.82 Å². The van der Waals surface area contributed by atoms with Gasteiger partial charge in [0.1, 0.15) is 18.1 Å². The number of nitrogens with zero attached hydrogens (tertiary/aromatic N) is 2. The molecule has 0 radical (unpaired) electrons. The average molecular weight is 357 g/mol. The van der Waals surface area contributed by atoms with Crippen LogP contribution in [0.1, 0.15) is 5.56 Å². The molecule has 1 N–H and O–H groups in total. The highest BCUT2D eigenvalue weighted by atomic mass is 19.1. The Kier molecular flexibility index (Phi) is 5.36. The van der Waals surface area contributed by atoms with Gasteiger partial charge in [0.2, 0.25) is 5.91 Å². The van der Waals surface area contributed by atoms with Crippen LogP contribution in [0.2, 0.25) is 0 Å². The number of anilines is 1. The van der Waals surface area contributed by atoms with E-state index in [1.807, 2.05) is 18.2 Å². The lowest BCUT2D eigenvalue weighted by atomic mass is 10.2. The molecule has 0 saturated carbocycles. The molecule has 7 heteroatoms. The molecular formula is C19H20FN3O3. The molecule has 0 aliphatic carbocycles. The monoisotopic (exact) mass is 357 g/mol. The quantitative estimate of drug-likeness (QED) is 0.864. The molecule has 0 atom stereocenters. The first kappa shape index (κ1) is 17.7. The van der Waals surface area contributed by atoms with Crippen LogP contribution < -0.4 is 15.0 Å². The van der Waals surface area contributed by atoms with Crippen molar-refractivity contribution in [2.75, 3.05) is 31.6 Å². The zero-order chi connectivity index (χ0) is 18.5. The van der Waals surface area contributed by atoms with Crippen molar-refractivity contribution in [3.63, 3.8) is 0 Å². The molecule has 0 spiro atoms. The number of urea groups is 1. The van der Waals surface area contributed by atoms with Crippen LogP contribution in [0.4, 0.5) is 14.9 Å². The van der Waals surface area contributed by atoms with Gasteiger partial charge in [-0.2, -0.15) is 0 Å². The molecule has 0 aromatic heterocycles. The lowest BCUT2D eigenvalue weighted by molar-refractivity contribution is -0.121. The Hall–Kier alpha value is -3.09. The molecule has 1 aliphatic heterocycles. The molecule has 1 aliphatic rings. The van der Waals surface area contributed by atoms with E-state index in [4.69, 9.17) is 4.74 Å². The van der Waals surface area contributed by atoms with Gasteiger partial charge in [-0.3, -0.25) is 9.69 Å². The number of carbonyl (C=O) groups excluding carboxylic acids is 2. The van der Waals surface area contributed by atoms with Crippen LogP contribution in [0.25, 0.3) is 0 Å². The Labute approximate surface area is 151 Å². The van der Waals surface area contributed by atoms with Crippen molar-refractivity contribution in [2.45, 2.75) is 6.54 Å². The average Bonchev–Trinajstić information content (AvgIpc) is 3.01. The molecule has 0 unspecified atom stereocenters. The van der Waals surface area contributed by atoms with Gasteiger partial charge in [-0.15, -0.1) is 0 Å². The molecule has 1 heterocycles. The third-order valence-electron chi connectivity index (χ3n) is 4.21. The standard InChI is InChI=1S/C19H20FN3O3/c1-26-17-5-3-2-4-16(17)23-11-10-22(19(23)25)13-18(24)21-12-14-6-8-15(20)9-7-14/h2-9H,10-13H2,1H3,(H,21,24). The van der Waals surface area contributed by atoms with E-state index in [1.165, 1.54) is 17.0 Å². The number of hydrogen-bond donors (Lipinski definition) is 1. The van der Waals surface area contributed by atoms with Gasteiger partial charge in [-0.05, 0) is 29.8 Å². The van der Waals surface area contributed by atoms with Gasteiger partial charge in [0, 0.05) is 19.6 Å². The van der Waals surface area contributed by atoms with Gasteiger partial charge in [-0.1, -0.05) is 24.3 Å². The summed E-state index contributed by atoms with van der Waals surface area (Å²) in [6, 6.07) is 13.0. The van der Waals surface area contributed by atoms with Gasteiger partial charge in [-0.25, -0.2) is 9.18 Å². The summed E-state index contributed by atoms with van der Waals surface area (Å²) < 4.78 is 18.2. The van der Waals surface area contributed by atoms with E-state index in [9.17, 15) is 14.0 Å².